The molecule has 1 N–H and O–H groups in total. The van der Waals surface area contributed by atoms with E-state index in [1.54, 1.807) is 30.8 Å². The molecule has 0 bridgehead atoms. The molecule has 18 heavy (non-hydrogen) atoms. The fraction of sp³-hybridized carbons (Fsp3) is 0.273. The van der Waals surface area contributed by atoms with Gasteiger partial charge in [0, 0.05) is 12.7 Å². The molecule has 2 aromatic heterocycles. The average molecular weight is 266 g/mol. The predicted molar refractivity (Wildman–Crippen MR) is 67.7 cm³/mol. The first-order chi connectivity index (χ1) is 8.49. The van der Waals surface area contributed by atoms with E-state index in [1.165, 1.54) is 0 Å². The molecule has 2 aromatic rings. The van der Waals surface area contributed by atoms with E-state index in [9.17, 15) is 4.79 Å². The minimum atomic E-state index is -0.255. The van der Waals surface area contributed by atoms with Crippen molar-refractivity contribution in [3.63, 3.8) is 0 Å². The molecule has 0 fully saturated rings. The van der Waals surface area contributed by atoms with E-state index in [0.29, 0.717) is 17.1 Å². The lowest BCUT2D eigenvalue weighted by atomic mass is 10.2. The molecule has 0 spiro atoms. The number of aryl methyl sites for hydroxylation is 2. The van der Waals surface area contributed by atoms with E-state index in [4.69, 9.17) is 11.6 Å². The summed E-state index contributed by atoms with van der Waals surface area (Å²) in [6.45, 7) is 3.62. The summed E-state index contributed by atoms with van der Waals surface area (Å²) in [5.74, 6) is 0.0989. The van der Waals surface area contributed by atoms with Gasteiger partial charge in [-0.3, -0.25) is 9.48 Å². The van der Waals surface area contributed by atoms with Gasteiger partial charge in [-0.2, -0.15) is 5.10 Å². The van der Waals surface area contributed by atoms with E-state index in [-0.39, 0.29) is 11.1 Å². The second-order valence-corrected chi connectivity index (χ2v) is 4.25. The molecule has 2 heterocycles. The van der Waals surface area contributed by atoms with Crippen LogP contribution in [0.3, 0.4) is 0 Å². The van der Waals surface area contributed by atoms with Crippen LogP contribution in [-0.2, 0) is 7.05 Å². The summed E-state index contributed by atoms with van der Waals surface area (Å²) in [4.78, 5) is 12.1. The highest BCUT2D eigenvalue weighted by atomic mass is 35.5. The number of hydrogen-bond donors (Lipinski definition) is 1. The Labute approximate surface area is 109 Å². The molecule has 7 heteroatoms. The van der Waals surface area contributed by atoms with Crippen molar-refractivity contribution < 1.29 is 4.79 Å². The van der Waals surface area contributed by atoms with Crippen molar-refractivity contribution in [2.45, 2.75) is 13.8 Å². The molecule has 0 aliphatic rings. The van der Waals surface area contributed by atoms with Gasteiger partial charge in [0.15, 0.2) is 11.0 Å². The van der Waals surface area contributed by atoms with Crippen LogP contribution in [0.25, 0.3) is 0 Å². The van der Waals surface area contributed by atoms with Crippen molar-refractivity contribution in [1.29, 1.82) is 0 Å². The third-order valence-corrected chi connectivity index (χ3v) is 2.81. The van der Waals surface area contributed by atoms with Gasteiger partial charge in [0.25, 0.3) is 5.91 Å². The highest BCUT2D eigenvalue weighted by Crippen LogP contribution is 2.14. The number of aromatic nitrogens is 4. The lowest BCUT2D eigenvalue weighted by Crippen LogP contribution is -2.15. The Kier molecular flexibility index (Phi) is 3.29. The normalized spacial score (nSPS) is 10.4. The first-order valence-electron chi connectivity index (χ1n) is 5.30. The zero-order valence-corrected chi connectivity index (χ0v) is 11.0. The van der Waals surface area contributed by atoms with Gasteiger partial charge in [-0.1, -0.05) is 11.6 Å². The summed E-state index contributed by atoms with van der Waals surface area (Å²) in [6.07, 6.45) is 0. The van der Waals surface area contributed by atoms with Gasteiger partial charge in [-0.05, 0) is 26.0 Å². The highest BCUT2D eigenvalue weighted by Gasteiger charge is 2.17. The van der Waals surface area contributed by atoms with Crippen molar-refractivity contribution in [3.8, 4) is 0 Å². The van der Waals surface area contributed by atoms with Gasteiger partial charge in [0.1, 0.15) is 0 Å². The maximum absolute atomic E-state index is 12.1. The SMILES string of the molecule is Cc1nn(C)c(C)c1C(=O)Nc1ccc(Cl)nn1. The van der Waals surface area contributed by atoms with Gasteiger partial charge in [0.2, 0.25) is 0 Å². The van der Waals surface area contributed by atoms with E-state index in [2.05, 4.69) is 20.6 Å². The zero-order chi connectivity index (χ0) is 13.3. The lowest BCUT2D eigenvalue weighted by Gasteiger charge is -2.03. The largest absolute Gasteiger partial charge is 0.305 e. The minimum absolute atomic E-state index is 0.255. The second kappa shape index (κ2) is 4.73. The molecule has 1 amide bonds. The maximum atomic E-state index is 12.1. The molecular weight excluding hydrogens is 254 g/mol. The maximum Gasteiger partial charge on any atom is 0.260 e. The fourth-order valence-electron chi connectivity index (χ4n) is 1.66. The number of carbonyl (C=O) groups excluding carboxylic acids is 1. The Hall–Kier alpha value is -1.95. The van der Waals surface area contributed by atoms with Crippen LogP contribution in [0.5, 0.6) is 0 Å². The Morgan fingerprint density at radius 3 is 2.56 bits per heavy atom. The second-order valence-electron chi connectivity index (χ2n) is 3.86. The van der Waals surface area contributed by atoms with Gasteiger partial charge in [-0.15, -0.1) is 10.2 Å². The molecule has 6 nitrogen and oxygen atoms in total. The van der Waals surface area contributed by atoms with Crippen LogP contribution < -0.4 is 5.32 Å². The monoisotopic (exact) mass is 265 g/mol. The number of carbonyl (C=O) groups is 1. The number of hydrogen-bond acceptors (Lipinski definition) is 4. The standard InChI is InChI=1S/C11H12ClN5O/c1-6-10(7(2)17(3)16-6)11(18)13-9-5-4-8(12)14-15-9/h4-5H,1-3H3,(H,13,15,18). The summed E-state index contributed by atoms with van der Waals surface area (Å²) < 4.78 is 1.66. The summed E-state index contributed by atoms with van der Waals surface area (Å²) in [5.41, 5.74) is 2.02. The average Bonchev–Trinajstić information content (AvgIpc) is 2.56. The molecule has 0 radical (unpaired) electrons. The van der Waals surface area contributed by atoms with Gasteiger partial charge in [0.05, 0.1) is 11.3 Å². The lowest BCUT2D eigenvalue weighted by molar-refractivity contribution is 0.102. The quantitative estimate of drug-likeness (QED) is 0.898. The Balaban J connectivity index is 2.24. The van der Waals surface area contributed by atoms with Crippen LogP contribution in [0.4, 0.5) is 5.82 Å². The Morgan fingerprint density at radius 1 is 1.33 bits per heavy atom. The highest BCUT2D eigenvalue weighted by molar-refractivity contribution is 6.29. The van der Waals surface area contributed by atoms with Crippen LogP contribution >= 0.6 is 11.6 Å². The van der Waals surface area contributed by atoms with Gasteiger partial charge < -0.3 is 5.32 Å². The summed E-state index contributed by atoms with van der Waals surface area (Å²) >= 11 is 5.62. The van der Waals surface area contributed by atoms with Crippen LogP contribution in [0.1, 0.15) is 21.7 Å². The minimum Gasteiger partial charge on any atom is -0.305 e. The van der Waals surface area contributed by atoms with Gasteiger partial charge in [-0.25, -0.2) is 0 Å². The summed E-state index contributed by atoms with van der Waals surface area (Å²) in [6, 6.07) is 3.15. The van der Waals surface area contributed by atoms with Crippen molar-refractivity contribution >= 4 is 23.3 Å². The van der Waals surface area contributed by atoms with Crippen molar-refractivity contribution in [2.24, 2.45) is 7.05 Å². The van der Waals surface area contributed by atoms with Crippen LogP contribution in [0.2, 0.25) is 5.15 Å². The van der Waals surface area contributed by atoms with E-state index in [0.717, 1.165) is 5.69 Å². The number of halogens is 1. The number of nitrogens with zero attached hydrogens (tertiary/aromatic N) is 4. The molecule has 0 atom stereocenters. The number of nitrogens with one attached hydrogen (secondary N) is 1. The summed E-state index contributed by atoms with van der Waals surface area (Å²) in [5, 5.41) is 14.5. The predicted octanol–water partition coefficient (Wildman–Crippen LogP) is 1.73. The van der Waals surface area contributed by atoms with Crippen molar-refractivity contribution in [2.75, 3.05) is 5.32 Å². The van der Waals surface area contributed by atoms with E-state index < -0.39 is 0 Å². The van der Waals surface area contributed by atoms with Crippen LogP contribution in [0.15, 0.2) is 12.1 Å². The molecule has 0 aliphatic carbocycles. The molecular formula is C11H12ClN5O. The van der Waals surface area contributed by atoms with E-state index in [1.807, 2.05) is 6.92 Å². The molecule has 0 saturated carbocycles. The summed E-state index contributed by atoms with van der Waals surface area (Å²) in [7, 11) is 1.79. The number of rotatable bonds is 2. The molecule has 94 valence electrons. The molecule has 0 unspecified atom stereocenters. The Bertz CT molecular complexity index is 590. The van der Waals surface area contributed by atoms with Crippen LogP contribution in [-0.4, -0.2) is 25.9 Å². The molecule has 0 aromatic carbocycles. The third-order valence-electron chi connectivity index (χ3n) is 2.61. The fourth-order valence-corrected chi connectivity index (χ4v) is 1.76. The molecule has 2 rings (SSSR count). The first kappa shape index (κ1) is 12.5. The number of amides is 1. The third kappa shape index (κ3) is 2.33. The Morgan fingerprint density at radius 2 is 2.06 bits per heavy atom. The molecule has 0 saturated heterocycles. The first-order valence-corrected chi connectivity index (χ1v) is 5.67. The smallest absolute Gasteiger partial charge is 0.260 e. The zero-order valence-electron chi connectivity index (χ0n) is 10.2. The van der Waals surface area contributed by atoms with Crippen LogP contribution in [0, 0.1) is 13.8 Å². The molecule has 0 aliphatic heterocycles. The van der Waals surface area contributed by atoms with Gasteiger partial charge >= 0.3 is 0 Å². The topological polar surface area (TPSA) is 72.7 Å². The number of anilines is 1. The van der Waals surface area contributed by atoms with E-state index >= 15 is 0 Å². The van der Waals surface area contributed by atoms with Crippen molar-refractivity contribution in [1.82, 2.24) is 20.0 Å². The van der Waals surface area contributed by atoms with Crippen molar-refractivity contribution in [3.05, 3.63) is 34.2 Å².